The topological polar surface area (TPSA) is 20.2 Å². The van der Waals surface area contributed by atoms with E-state index >= 15 is 0 Å². The van der Waals surface area contributed by atoms with Crippen molar-refractivity contribution in [1.82, 2.24) is 0 Å². The molecule has 0 aromatic heterocycles. The average Bonchev–Trinajstić information content (AvgIpc) is 2.20. The van der Waals surface area contributed by atoms with E-state index in [1.54, 1.807) is 18.2 Å². The Bertz CT molecular complexity index is 381. The largest absolute Gasteiger partial charge is 0.389 e. The molecule has 1 aromatic rings. The molecular formula is C11H11ClF3IO. The third-order valence-corrected chi connectivity index (χ3v) is 3.84. The lowest BCUT2D eigenvalue weighted by molar-refractivity contribution is -0.136. The normalized spacial score (nSPS) is 13.8. The van der Waals surface area contributed by atoms with Gasteiger partial charge in [0.25, 0.3) is 0 Å². The van der Waals surface area contributed by atoms with Crippen molar-refractivity contribution in [2.24, 2.45) is 0 Å². The standard InChI is InChI=1S/C11H11ClF3IO/c12-8-6-7(3-4-9(8)16)10(17)2-1-5-11(13,14)15/h3-4,6,10,17H,1-2,5H2. The molecule has 0 aliphatic rings. The van der Waals surface area contributed by atoms with Crippen LogP contribution in [-0.2, 0) is 0 Å². The lowest BCUT2D eigenvalue weighted by atomic mass is 10.0. The average molecular weight is 379 g/mol. The maximum atomic E-state index is 11.9. The van der Waals surface area contributed by atoms with E-state index in [1.807, 2.05) is 22.6 Å². The molecule has 0 spiro atoms. The van der Waals surface area contributed by atoms with Crippen molar-refractivity contribution in [3.05, 3.63) is 32.4 Å². The Hall–Kier alpha value is -0.0100. The highest BCUT2D eigenvalue weighted by Gasteiger charge is 2.26. The molecule has 0 bridgehead atoms. The van der Waals surface area contributed by atoms with Gasteiger partial charge in [-0.05, 0) is 53.1 Å². The number of aliphatic hydroxyl groups excluding tert-OH is 1. The first-order chi connectivity index (χ1) is 7.79. The molecule has 17 heavy (non-hydrogen) atoms. The van der Waals surface area contributed by atoms with E-state index in [9.17, 15) is 18.3 Å². The Morgan fingerprint density at radius 2 is 2.00 bits per heavy atom. The van der Waals surface area contributed by atoms with Gasteiger partial charge in [-0.2, -0.15) is 13.2 Å². The van der Waals surface area contributed by atoms with Crippen LogP contribution in [0.2, 0.25) is 5.02 Å². The molecule has 1 unspecified atom stereocenters. The zero-order valence-corrected chi connectivity index (χ0v) is 11.7. The molecular weight excluding hydrogens is 367 g/mol. The molecule has 0 fully saturated rings. The summed E-state index contributed by atoms with van der Waals surface area (Å²) in [6.07, 6.45) is -5.94. The summed E-state index contributed by atoms with van der Waals surface area (Å²) in [6, 6.07) is 4.98. The molecule has 0 aliphatic carbocycles. The first-order valence-corrected chi connectivity index (χ1v) is 6.45. The van der Waals surface area contributed by atoms with Gasteiger partial charge in [-0.15, -0.1) is 0 Å². The first-order valence-electron chi connectivity index (χ1n) is 4.99. The van der Waals surface area contributed by atoms with E-state index in [2.05, 4.69) is 0 Å². The molecule has 0 radical (unpaired) electrons. The van der Waals surface area contributed by atoms with Gasteiger partial charge >= 0.3 is 6.18 Å². The molecule has 6 heteroatoms. The second-order valence-corrected chi connectivity index (χ2v) is 5.27. The van der Waals surface area contributed by atoms with Gasteiger partial charge in [-0.3, -0.25) is 0 Å². The lowest BCUT2D eigenvalue weighted by Gasteiger charge is -2.12. The second kappa shape index (κ2) is 6.24. The minimum Gasteiger partial charge on any atom is -0.388 e. The summed E-state index contributed by atoms with van der Waals surface area (Å²) in [5, 5.41) is 10.2. The highest BCUT2D eigenvalue weighted by Crippen LogP contribution is 2.28. The fourth-order valence-corrected chi connectivity index (χ4v) is 1.91. The van der Waals surface area contributed by atoms with E-state index in [0.717, 1.165) is 3.57 Å². The highest BCUT2D eigenvalue weighted by atomic mass is 127. The monoisotopic (exact) mass is 378 g/mol. The predicted octanol–water partition coefficient (Wildman–Crippen LogP) is 4.71. The molecule has 1 rings (SSSR count). The Morgan fingerprint density at radius 1 is 1.35 bits per heavy atom. The van der Waals surface area contributed by atoms with Gasteiger partial charge in [0.15, 0.2) is 0 Å². The molecule has 0 saturated carbocycles. The van der Waals surface area contributed by atoms with E-state index in [-0.39, 0.29) is 12.8 Å². The summed E-state index contributed by atoms with van der Waals surface area (Å²) in [6.45, 7) is 0. The van der Waals surface area contributed by atoms with Crippen molar-refractivity contribution >= 4 is 34.2 Å². The van der Waals surface area contributed by atoms with E-state index in [4.69, 9.17) is 11.6 Å². The number of aliphatic hydroxyl groups is 1. The van der Waals surface area contributed by atoms with E-state index in [1.165, 1.54) is 0 Å². The van der Waals surface area contributed by atoms with Crippen LogP contribution < -0.4 is 0 Å². The van der Waals surface area contributed by atoms with Crippen molar-refractivity contribution in [2.75, 3.05) is 0 Å². The van der Waals surface area contributed by atoms with Crippen molar-refractivity contribution < 1.29 is 18.3 Å². The van der Waals surface area contributed by atoms with Crippen LogP contribution in [0.3, 0.4) is 0 Å². The minimum absolute atomic E-state index is 0.0798. The van der Waals surface area contributed by atoms with Gasteiger partial charge in [0.1, 0.15) is 0 Å². The van der Waals surface area contributed by atoms with Crippen LogP contribution in [0, 0.1) is 3.57 Å². The molecule has 0 heterocycles. The van der Waals surface area contributed by atoms with Gasteiger partial charge in [0.2, 0.25) is 0 Å². The first kappa shape index (κ1) is 15.0. The maximum absolute atomic E-state index is 11.9. The van der Waals surface area contributed by atoms with Crippen molar-refractivity contribution in [3.63, 3.8) is 0 Å². The lowest BCUT2D eigenvalue weighted by Crippen LogP contribution is -2.08. The van der Waals surface area contributed by atoms with Crippen LogP contribution in [0.25, 0.3) is 0 Å². The molecule has 1 N–H and O–H groups in total. The zero-order chi connectivity index (χ0) is 13.1. The van der Waals surface area contributed by atoms with Crippen LogP contribution in [-0.4, -0.2) is 11.3 Å². The third-order valence-electron chi connectivity index (χ3n) is 2.27. The molecule has 1 atom stereocenters. The van der Waals surface area contributed by atoms with Crippen LogP contribution in [0.5, 0.6) is 0 Å². The van der Waals surface area contributed by atoms with Crippen LogP contribution >= 0.6 is 34.2 Å². The fourth-order valence-electron chi connectivity index (χ4n) is 1.38. The van der Waals surface area contributed by atoms with E-state index in [0.29, 0.717) is 10.6 Å². The summed E-state index contributed by atoms with van der Waals surface area (Å²) in [4.78, 5) is 0. The number of halogens is 5. The van der Waals surface area contributed by atoms with Crippen LogP contribution in [0.1, 0.15) is 30.9 Å². The number of hydrogen-bond acceptors (Lipinski definition) is 1. The third kappa shape index (κ3) is 5.44. The molecule has 0 saturated heterocycles. The van der Waals surface area contributed by atoms with Crippen molar-refractivity contribution in [1.29, 1.82) is 0 Å². The summed E-state index contributed by atoms with van der Waals surface area (Å²) in [5.74, 6) is 0. The maximum Gasteiger partial charge on any atom is 0.389 e. The van der Waals surface area contributed by atoms with Crippen molar-refractivity contribution in [2.45, 2.75) is 31.5 Å². The minimum atomic E-state index is -4.16. The zero-order valence-electron chi connectivity index (χ0n) is 8.77. The van der Waals surface area contributed by atoms with Gasteiger partial charge < -0.3 is 5.11 Å². The summed E-state index contributed by atoms with van der Waals surface area (Å²) in [5.41, 5.74) is 0.553. The Kier molecular flexibility index (Phi) is 5.53. The van der Waals surface area contributed by atoms with Crippen LogP contribution in [0.15, 0.2) is 18.2 Å². The Balaban J connectivity index is 2.52. The van der Waals surface area contributed by atoms with E-state index < -0.39 is 18.7 Å². The predicted molar refractivity (Wildman–Crippen MR) is 69.0 cm³/mol. The van der Waals surface area contributed by atoms with Crippen molar-refractivity contribution in [3.8, 4) is 0 Å². The summed E-state index contributed by atoms with van der Waals surface area (Å²) in [7, 11) is 0. The molecule has 1 aromatic carbocycles. The van der Waals surface area contributed by atoms with Gasteiger partial charge in [0, 0.05) is 9.99 Å². The smallest absolute Gasteiger partial charge is 0.388 e. The summed E-state index contributed by atoms with van der Waals surface area (Å²) < 4.78 is 36.6. The van der Waals surface area contributed by atoms with Gasteiger partial charge in [0.05, 0.1) is 11.1 Å². The molecule has 0 aliphatic heterocycles. The number of hydrogen-bond donors (Lipinski definition) is 1. The number of benzene rings is 1. The molecule has 1 nitrogen and oxygen atoms in total. The molecule has 96 valence electrons. The number of alkyl halides is 3. The van der Waals surface area contributed by atoms with Gasteiger partial charge in [-0.1, -0.05) is 17.7 Å². The highest BCUT2D eigenvalue weighted by molar-refractivity contribution is 14.1. The number of rotatable bonds is 4. The Morgan fingerprint density at radius 3 is 2.53 bits per heavy atom. The SMILES string of the molecule is OC(CCCC(F)(F)F)c1ccc(I)c(Cl)c1. The quantitative estimate of drug-likeness (QED) is 0.752. The second-order valence-electron chi connectivity index (χ2n) is 3.70. The fraction of sp³-hybridized carbons (Fsp3) is 0.455. The van der Waals surface area contributed by atoms with Crippen LogP contribution in [0.4, 0.5) is 13.2 Å². The Labute approximate surface area is 116 Å². The summed E-state index contributed by atoms with van der Waals surface area (Å²) >= 11 is 7.91. The van der Waals surface area contributed by atoms with Gasteiger partial charge in [-0.25, -0.2) is 0 Å². The molecule has 0 amide bonds.